The predicted octanol–water partition coefficient (Wildman–Crippen LogP) is -0.797. The highest BCUT2D eigenvalue weighted by molar-refractivity contribution is 5.72. The minimum absolute atomic E-state index is 0.0531. The Bertz CT molecular complexity index is 425. The van der Waals surface area contributed by atoms with Crippen molar-refractivity contribution in [2.75, 3.05) is 19.4 Å². The van der Waals surface area contributed by atoms with Crippen LogP contribution in [-0.2, 0) is 4.79 Å². The molecule has 0 radical (unpaired) electrons. The zero-order valence-electron chi connectivity index (χ0n) is 10.3. The molecule has 1 aromatic heterocycles. The van der Waals surface area contributed by atoms with Crippen molar-refractivity contribution in [2.24, 2.45) is 0 Å². The van der Waals surface area contributed by atoms with Gasteiger partial charge in [-0.05, 0) is 6.07 Å². The summed E-state index contributed by atoms with van der Waals surface area (Å²) in [4.78, 5) is 14.6. The largest absolute Gasteiger partial charge is 0.480 e. The van der Waals surface area contributed by atoms with Gasteiger partial charge < -0.3 is 26.0 Å². The van der Waals surface area contributed by atoms with E-state index < -0.39 is 12.2 Å². The van der Waals surface area contributed by atoms with Crippen LogP contribution >= 0.6 is 0 Å². The smallest absolute Gasteiger partial charge is 0.236 e. The van der Waals surface area contributed by atoms with Crippen LogP contribution in [0.5, 0.6) is 5.88 Å². The van der Waals surface area contributed by atoms with Crippen molar-refractivity contribution < 1.29 is 19.7 Å². The molecule has 0 bridgehead atoms. The molecule has 1 amide bonds. The number of ether oxygens (including phenoxy) is 1. The maximum absolute atomic E-state index is 10.7. The maximum Gasteiger partial charge on any atom is 0.236 e. The fraction of sp³-hybridized carbons (Fsp3) is 0.455. The van der Waals surface area contributed by atoms with Gasteiger partial charge in [0, 0.05) is 25.2 Å². The molecule has 0 spiro atoms. The van der Waals surface area contributed by atoms with Gasteiger partial charge in [0.15, 0.2) is 0 Å². The molecule has 5 N–H and O–H groups in total. The summed E-state index contributed by atoms with van der Waals surface area (Å²) in [6.07, 6.45) is -0.960. The van der Waals surface area contributed by atoms with Crippen LogP contribution in [0, 0.1) is 0 Å². The number of pyridine rings is 1. The maximum atomic E-state index is 10.7. The topological polar surface area (TPSA) is 118 Å². The Morgan fingerprint density at radius 1 is 1.61 bits per heavy atom. The number of nitrogens with zero attached hydrogens (tertiary/aromatic N) is 1. The molecular formula is C11H17N3O4. The van der Waals surface area contributed by atoms with Gasteiger partial charge in [0.25, 0.3) is 0 Å². The number of methoxy groups -OCH3 is 1. The van der Waals surface area contributed by atoms with Crippen LogP contribution < -0.4 is 15.8 Å². The van der Waals surface area contributed by atoms with Crippen molar-refractivity contribution in [3.63, 3.8) is 0 Å². The molecule has 0 aliphatic heterocycles. The first-order chi connectivity index (χ1) is 8.45. The average molecular weight is 255 g/mol. The summed E-state index contributed by atoms with van der Waals surface area (Å²) in [7, 11) is 1.43. The van der Waals surface area contributed by atoms with Gasteiger partial charge in [0.05, 0.1) is 12.8 Å². The Balaban J connectivity index is 2.74. The van der Waals surface area contributed by atoms with Gasteiger partial charge >= 0.3 is 0 Å². The molecule has 1 aromatic rings. The average Bonchev–Trinajstić information content (AvgIpc) is 2.34. The molecule has 7 heteroatoms. The number of nitrogens with one attached hydrogen (secondary N) is 1. The number of carbonyl (C=O) groups excluding carboxylic acids is 1. The van der Waals surface area contributed by atoms with E-state index in [-0.39, 0.29) is 24.0 Å². The first-order valence-corrected chi connectivity index (χ1v) is 5.35. The van der Waals surface area contributed by atoms with E-state index in [1.807, 2.05) is 0 Å². The number of anilines is 1. The van der Waals surface area contributed by atoms with E-state index >= 15 is 0 Å². The molecule has 0 aliphatic rings. The quantitative estimate of drug-likeness (QED) is 0.547. The number of rotatable bonds is 5. The van der Waals surface area contributed by atoms with E-state index in [2.05, 4.69) is 10.3 Å². The lowest BCUT2D eigenvalue weighted by molar-refractivity contribution is -0.119. The van der Waals surface area contributed by atoms with E-state index in [0.29, 0.717) is 5.56 Å². The van der Waals surface area contributed by atoms with Crippen molar-refractivity contribution in [3.05, 3.63) is 17.8 Å². The third-order valence-corrected chi connectivity index (χ3v) is 2.36. The molecule has 0 saturated carbocycles. The molecule has 0 fully saturated rings. The Hall–Kier alpha value is -1.86. The van der Waals surface area contributed by atoms with Crippen molar-refractivity contribution in [1.82, 2.24) is 10.3 Å². The van der Waals surface area contributed by atoms with Crippen LogP contribution in [0.25, 0.3) is 0 Å². The van der Waals surface area contributed by atoms with Gasteiger partial charge in [-0.1, -0.05) is 0 Å². The summed E-state index contributed by atoms with van der Waals surface area (Å²) in [6.45, 7) is 1.27. The third kappa shape index (κ3) is 3.57. The normalized spacial score (nSPS) is 13.8. The fourth-order valence-electron chi connectivity index (χ4n) is 1.40. The molecule has 0 saturated heterocycles. The number of nitrogens with two attached hydrogens (primary N) is 1. The summed E-state index contributed by atoms with van der Waals surface area (Å²) in [5, 5.41) is 21.9. The summed E-state index contributed by atoms with van der Waals surface area (Å²) in [5.74, 6) is -0.0316. The zero-order valence-corrected chi connectivity index (χ0v) is 10.3. The van der Waals surface area contributed by atoms with Crippen molar-refractivity contribution in [3.8, 4) is 5.88 Å². The summed E-state index contributed by atoms with van der Waals surface area (Å²) < 4.78 is 4.88. The molecule has 1 heterocycles. The van der Waals surface area contributed by atoms with Crippen LogP contribution in [0.3, 0.4) is 0 Å². The molecule has 18 heavy (non-hydrogen) atoms. The Kier molecular flexibility index (Phi) is 4.87. The molecule has 0 aliphatic carbocycles. The number of nitrogen functional groups attached to an aromatic ring is 1. The first-order valence-electron chi connectivity index (χ1n) is 5.35. The Morgan fingerprint density at radius 2 is 2.28 bits per heavy atom. The van der Waals surface area contributed by atoms with E-state index in [9.17, 15) is 15.0 Å². The number of hydrogen-bond donors (Lipinski definition) is 4. The van der Waals surface area contributed by atoms with Crippen LogP contribution in [0.15, 0.2) is 12.3 Å². The highest BCUT2D eigenvalue weighted by Crippen LogP contribution is 2.23. The molecule has 2 atom stereocenters. The minimum Gasteiger partial charge on any atom is -0.480 e. The van der Waals surface area contributed by atoms with Gasteiger partial charge in [-0.2, -0.15) is 0 Å². The van der Waals surface area contributed by atoms with E-state index in [4.69, 9.17) is 10.5 Å². The van der Waals surface area contributed by atoms with Gasteiger partial charge in [-0.25, -0.2) is 4.98 Å². The number of aliphatic hydroxyl groups excluding tert-OH is 2. The number of amides is 1. The molecule has 100 valence electrons. The third-order valence-electron chi connectivity index (χ3n) is 2.36. The van der Waals surface area contributed by atoms with Gasteiger partial charge in [0.2, 0.25) is 11.8 Å². The van der Waals surface area contributed by atoms with Crippen LogP contribution in [0.4, 0.5) is 5.69 Å². The standard InChI is InChI=1S/C11H17N3O4/c1-6(15)13-5-9(16)10(17)7-3-8(12)11(18-2)14-4-7/h3-4,9-10,16-17H,5,12H2,1-2H3,(H,13,15). The first kappa shape index (κ1) is 14.2. The van der Waals surface area contributed by atoms with Crippen molar-refractivity contribution >= 4 is 11.6 Å². The molecule has 2 unspecified atom stereocenters. The van der Waals surface area contributed by atoms with Crippen molar-refractivity contribution in [2.45, 2.75) is 19.1 Å². The lowest BCUT2D eigenvalue weighted by atomic mass is 10.1. The number of aliphatic hydroxyl groups is 2. The number of carbonyl (C=O) groups is 1. The second kappa shape index (κ2) is 6.18. The fourth-order valence-corrected chi connectivity index (χ4v) is 1.40. The molecule has 1 rings (SSSR count). The van der Waals surface area contributed by atoms with E-state index in [1.165, 1.54) is 26.3 Å². The lowest BCUT2D eigenvalue weighted by Gasteiger charge is -2.18. The lowest BCUT2D eigenvalue weighted by Crippen LogP contribution is -2.34. The summed E-state index contributed by atoms with van der Waals surface area (Å²) in [6, 6.07) is 1.47. The SMILES string of the molecule is COc1ncc(C(O)C(O)CNC(C)=O)cc1N. The second-order valence-electron chi connectivity index (χ2n) is 3.82. The van der Waals surface area contributed by atoms with Crippen LogP contribution in [-0.4, -0.2) is 40.9 Å². The van der Waals surface area contributed by atoms with E-state index in [0.717, 1.165) is 0 Å². The van der Waals surface area contributed by atoms with Crippen molar-refractivity contribution in [1.29, 1.82) is 0 Å². The highest BCUT2D eigenvalue weighted by atomic mass is 16.5. The molecule has 0 aromatic carbocycles. The second-order valence-corrected chi connectivity index (χ2v) is 3.82. The highest BCUT2D eigenvalue weighted by Gasteiger charge is 2.20. The zero-order chi connectivity index (χ0) is 13.7. The Morgan fingerprint density at radius 3 is 2.78 bits per heavy atom. The number of hydrogen-bond acceptors (Lipinski definition) is 6. The van der Waals surface area contributed by atoms with E-state index in [1.54, 1.807) is 0 Å². The monoisotopic (exact) mass is 255 g/mol. The van der Waals surface area contributed by atoms with Gasteiger partial charge in [-0.3, -0.25) is 4.79 Å². The minimum atomic E-state index is -1.18. The molecule has 7 nitrogen and oxygen atoms in total. The van der Waals surface area contributed by atoms with Crippen LogP contribution in [0.2, 0.25) is 0 Å². The Labute approximate surface area is 105 Å². The van der Waals surface area contributed by atoms with Gasteiger partial charge in [-0.15, -0.1) is 0 Å². The summed E-state index contributed by atoms with van der Waals surface area (Å²) in [5.41, 5.74) is 6.26. The number of aromatic nitrogens is 1. The molecular weight excluding hydrogens is 238 g/mol. The predicted molar refractivity (Wildman–Crippen MR) is 64.9 cm³/mol. The van der Waals surface area contributed by atoms with Crippen LogP contribution in [0.1, 0.15) is 18.6 Å². The summed E-state index contributed by atoms with van der Waals surface area (Å²) >= 11 is 0. The van der Waals surface area contributed by atoms with Gasteiger partial charge in [0.1, 0.15) is 12.2 Å².